The minimum atomic E-state index is -0.708. The molecular formula is C22H15FN4O3S. The van der Waals surface area contributed by atoms with Gasteiger partial charge in [-0.2, -0.15) is 5.26 Å². The molecule has 0 saturated heterocycles. The molecule has 0 radical (unpaired) electrons. The SMILES string of the molecule is N#Cc1cccc(NC(=O)Cn2c(=O)n(Cc3ccccc3F)c(=O)c3sccc32)c1. The minimum Gasteiger partial charge on any atom is -0.324 e. The lowest BCUT2D eigenvalue weighted by atomic mass is 10.2. The predicted octanol–water partition coefficient (Wildman–Crippen LogP) is 2.92. The molecule has 9 heteroatoms. The summed E-state index contributed by atoms with van der Waals surface area (Å²) in [5.74, 6) is -1.03. The van der Waals surface area contributed by atoms with E-state index in [-0.39, 0.29) is 18.7 Å². The van der Waals surface area contributed by atoms with Gasteiger partial charge in [0.05, 0.1) is 23.7 Å². The number of aromatic nitrogens is 2. The van der Waals surface area contributed by atoms with Gasteiger partial charge in [0.15, 0.2) is 0 Å². The second-order valence-electron chi connectivity index (χ2n) is 6.73. The van der Waals surface area contributed by atoms with E-state index >= 15 is 0 Å². The first kappa shape index (κ1) is 20.3. The largest absolute Gasteiger partial charge is 0.332 e. The van der Waals surface area contributed by atoms with Gasteiger partial charge in [-0.15, -0.1) is 11.3 Å². The predicted molar refractivity (Wildman–Crippen MR) is 116 cm³/mol. The Bertz CT molecular complexity index is 1460. The number of benzene rings is 2. The minimum absolute atomic E-state index is 0.196. The Labute approximate surface area is 179 Å². The number of hydrogen-bond donors (Lipinski definition) is 1. The second kappa shape index (κ2) is 8.38. The van der Waals surface area contributed by atoms with E-state index in [2.05, 4.69) is 5.32 Å². The molecule has 1 amide bonds. The maximum absolute atomic E-state index is 14.1. The van der Waals surface area contributed by atoms with Crippen LogP contribution in [0.5, 0.6) is 0 Å². The molecule has 0 spiro atoms. The van der Waals surface area contributed by atoms with Gasteiger partial charge >= 0.3 is 5.69 Å². The second-order valence-corrected chi connectivity index (χ2v) is 7.64. The highest BCUT2D eigenvalue weighted by atomic mass is 32.1. The van der Waals surface area contributed by atoms with Crippen LogP contribution in [-0.2, 0) is 17.9 Å². The zero-order valence-electron chi connectivity index (χ0n) is 16.0. The van der Waals surface area contributed by atoms with E-state index in [9.17, 15) is 18.8 Å². The monoisotopic (exact) mass is 434 g/mol. The van der Waals surface area contributed by atoms with Crippen LogP contribution < -0.4 is 16.6 Å². The van der Waals surface area contributed by atoms with Crippen LogP contribution in [0.15, 0.2) is 69.6 Å². The lowest BCUT2D eigenvalue weighted by molar-refractivity contribution is -0.116. The summed E-state index contributed by atoms with van der Waals surface area (Å²) >= 11 is 1.15. The smallest absolute Gasteiger partial charge is 0.324 e. The average Bonchev–Trinajstić information content (AvgIpc) is 3.25. The van der Waals surface area contributed by atoms with Crippen LogP contribution in [0.1, 0.15) is 11.1 Å². The van der Waals surface area contributed by atoms with Gasteiger partial charge in [-0.05, 0) is 35.7 Å². The fraction of sp³-hybridized carbons (Fsp3) is 0.0909. The van der Waals surface area contributed by atoms with E-state index in [0.29, 0.717) is 21.5 Å². The molecule has 0 atom stereocenters. The summed E-state index contributed by atoms with van der Waals surface area (Å²) in [6, 6.07) is 15.9. The first-order valence-corrected chi connectivity index (χ1v) is 10.1. The zero-order chi connectivity index (χ0) is 22.0. The van der Waals surface area contributed by atoms with Crippen LogP contribution in [-0.4, -0.2) is 15.0 Å². The highest BCUT2D eigenvalue weighted by molar-refractivity contribution is 7.17. The molecule has 4 rings (SSSR count). The third kappa shape index (κ3) is 4.01. The highest BCUT2D eigenvalue weighted by Crippen LogP contribution is 2.16. The molecule has 2 aromatic heterocycles. The third-order valence-corrected chi connectivity index (χ3v) is 5.59. The third-order valence-electron chi connectivity index (χ3n) is 4.70. The number of amides is 1. The molecule has 2 heterocycles. The summed E-state index contributed by atoms with van der Waals surface area (Å²) in [6.07, 6.45) is 0. The topological polar surface area (TPSA) is 96.9 Å². The van der Waals surface area contributed by atoms with Gasteiger partial charge in [-0.25, -0.2) is 9.18 Å². The number of nitrogens with zero attached hydrogens (tertiary/aromatic N) is 3. The van der Waals surface area contributed by atoms with Crippen LogP contribution >= 0.6 is 11.3 Å². The van der Waals surface area contributed by atoms with Crippen molar-refractivity contribution in [3.05, 3.63) is 97.8 Å². The average molecular weight is 434 g/mol. The summed E-state index contributed by atoms with van der Waals surface area (Å²) in [4.78, 5) is 38.5. The first-order chi connectivity index (χ1) is 15.0. The molecular weight excluding hydrogens is 419 g/mol. The van der Waals surface area contributed by atoms with Crippen molar-refractivity contribution in [1.29, 1.82) is 5.26 Å². The maximum atomic E-state index is 14.1. The van der Waals surface area contributed by atoms with Crippen LogP contribution in [0.25, 0.3) is 10.2 Å². The van der Waals surface area contributed by atoms with Gasteiger partial charge in [0, 0.05) is 11.3 Å². The van der Waals surface area contributed by atoms with Crippen molar-refractivity contribution in [3.8, 4) is 6.07 Å². The van der Waals surface area contributed by atoms with Crippen molar-refractivity contribution in [2.45, 2.75) is 13.1 Å². The van der Waals surface area contributed by atoms with Crippen molar-refractivity contribution in [1.82, 2.24) is 9.13 Å². The number of anilines is 1. The van der Waals surface area contributed by atoms with Gasteiger partial charge in [0.2, 0.25) is 5.91 Å². The number of thiophene rings is 1. The lowest BCUT2D eigenvalue weighted by Crippen LogP contribution is -2.41. The molecule has 7 nitrogen and oxygen atoms in total. The molecule has 0 aliphatic carbocycles. The van der Waals surface area contributed by atoms with Crippen molar-refractivity contribution >= 4 is 33.1 Å². The molecule has 154 valence electrons. The molecule has 2 aromatic carbocycles. The van der Waals surface area contributed by atoms with Gasteiger partial charge in [-0.1, -0.05) is 24.3 Å². The van der Waals surface area contributed by atoms with Gasteiger partial charge in [0.25, 0.3) is 5.56 Å². The first-order valence-electron chi connectivity index (χ1n) is 9.22. The molecule has 0 saturated carbocycles. The van der Waals surface area contributed by atoms with Crippen LogP contribution in [0.3, 0.4) is 0 Å². The van der Waals surface area contributed by atoms with E-state index < -0.39 is 23.0 Å². The molecule has 4 aromatic rings. The van der Waals surface area contributed by atoms with Crippen LogP contribution in [0, 0.1) is 17.1 Å². The van der Waals surface area contributed by atoms with Crippen LogP contribution in [0.2, 0.25) is 0 Å². The Hall–Kier alpha value is -4.03. The molecule has 0 aliphatic rings. The summed E-state index contributed by atoms with van der Waals surface area (Å²) in [5.41, 5.74) is 0.0938. The van der Waals surface area contributed by atoms with Crippen molar-refractivity contribution in [2.24, 2.45) is 0 Å². The number of hydrogen-bond acceptors (Lipinski definition) is 5. The van der Waals surface area contributed by atoms with Crippen molar-refractivity contribution in [3.63, 3.8) is 0 Å². The lowest BCUT2D eigenvalue weighted by Gasteiger charge is -2.13. The molecule has 0 fully saturated rings. The molecule has 31 heavy (non-hydrogen) atoms. The Morgan fingerprint density at radius 1 is 1.10 bits per heavy atom. The number of carbonyl (C=O) groups excluding carboxylic acids is 1. The van der Waals surface area contributed by atoms with Gasteiger partial charge < -0.3 is 5.32 Å². The van der Waals surface area contributed by atoms with Crippen molar-refractivity contribution < 1.29 is 9.18 Å². The van der Waals surface area contributed by atoms with E-state index in [1.165, 1.54) is 28.8 Å². The Morgan fingerprint density at radius 3 is 2.68 bits per heavy atom. The van der Waals surface area contributed by atoms with Crippen LogP contribution in [0.4, 0.5) is 10.1 Å². The molecule has 1 N–H and O–H groups in total. The number of nitrogens with one attached hydrogen (secondary N) is 1. The number of carbonyl (C=O) groups is 1. The standard InChI is InChI=1S/C22H15FN4O3S/c23-17-7-2-1-5-15(17)12-27-21(29)20-18(8-9-31-20)26(22(27)30)13-19(28)25-16-6-3-4-14(10-16)11-24/h1-10H,12-13H2,(H,25,28). The fourth-order valence-electron chi connectivity index (χ4n) is 3.23. The van der Waals surface area contributed by atoms with E-state index in [1.54, 1.807) is 35.7 Å². The van der Waals surface area contributed by atoms with E-state index in [1.807, 2.05) is 6.07 Å². The Morgan fingerprint density at radius 2 is 1.90 bits per heavy atom. The normalized spacial score (nSPS) is 10.7. The molecule has 0 unspecified atom stereocenters. The van der Waals surface area contributed by atoms with Gasteiger partial charge in [-0.3, -0.25) is 18.7 Å². The Kier molecular flexibility index (Phi) is 5.47. The number of halogens is 1. The zero-order valence-corrected chi connectivity index (χ0v) is 16.9. The number of rotatable bonds is 5. The number of fused-ring (bicyclic) bond motifs is 1. The van der Waals surface area contributed by atoms with Gasteiger partial charge in [0.1, 0.15) is 17.1 Å². The highest BCUT2D eigenvalue weighted by Gasteiger charge is 2.17. The fourth-order valence-corrected chi connectivity index (χ4v) is 4.08. The summed E-state index contributed by atoms with van der Waals surface area (Å²) in [5, 5.41) is 13.3. The summed E-state index contributed by atoms with van der Waals surface area (Å²) in [6.45, 7) is -0.593. The number of nitriles is 1. The summed E-state index contributed by atoms with van der Waals surface area (Å²) < 4.78 is 16.5. The molecule has 0 aliphatic heterocycles. The van der Waals surface area contributed by atoms with E-state index in [0.717, 1.165) is 15.9 Å². The van der Waals surface area contributed by atoms with E-state index in [4.69, 9.17) is 5.26 Å². The quantitative estimate of drug-likeness (QED) is 0.522. The molecule has 0 bridgehead atoms. The maximum Gasteiger partial charge on any atom is 0.332 e. The Balaban J connectivity index is 1.72. The summed E-state index contributed by atoms with van der Waals surface area (Å²) in [7, 11) is 0. The van der Waals surface area contributed by atoms with Crippen molar-refractivity contribution in [2.75, 3.05) is 5.32 Å².